The Morgan fingerprint density at radius 2 is 1.47 bits per heavy atom. The average molecular weight is 762 g/mol. The smallest absolute Gasteiger partial charge is 0.414 e. The highest BCUT2D eigenvalue weighted by Crippen LogP contribution is 2.49. The van der Waals surface area contributed by atoms with Crippen LogP contribution in [0.3, 0.4) is 0 Å². The van der Waals surface area contributed by atoms with Crippen LogP contribution < -0.4 is 5.32 Å². The number of amides is 1. The lowest BCUT2D eigenvalue weighted by molar-refractivity contribution is -0.144. The van der Waals surface area contributed by atoms with Crippen LogP contribution in [0.2, 0.25) is 22.2 Å². The molecular weight excluding hydrogens is 703 g/mol. The van der Waals surface area contributed by atoms with Crippen molar-refractivity contribution >= 4 is 40.0 Å². The number of carbonyl (C=O) groups is 1. The minimum absolute atomic E-state index is 0.000415. The molecule has 2 aromatic rings. The third kappa shape index (κ3) is 9.22. The molecule has 290 valence electrons. The predicted molar refractivity (Wildman–Crippen MR) is 193 cm³/mol. The zero-order chi connectivity index (χ0) is 37.7. The molecule has 2 aliphatic heterocycles. The van der Waals surface area contributed by atoms with E-state index in [4.69, 9.17) is 17.7 Å². The molecule has 2 fully saturated rings. The molecule has 4 heterocycles. The van der Waals surface area contributed by atoms with Gasteiger partial charge < -0.3 is 23.0 Å². The molecule has 1 N–H and O–H groups in total. The van der Waals surface area contributed by atoms with E-state index >= 15 is 4.39 Å². The first-order valence-electron chi connectivity index (χ1n) is 18.9. The van der Waals surface area contributed by atoms with Crippen molar-refractivity contribution in [1.82, 2.24) is 19.5 Å². The van der Waals surface area contributed by atoms with Gasteiger partial charge in [-0.1, -0.05) is 114 Å². The molecule has 0 bridgehead atoms. The molecule has 0 spiro atoms. The Balaban J connectivity index is 1.60. The second-order valence-electron chi connectivity index (χ2n) is 15.4. The molecular formula is C35H59F4N5O5Si2. The Morgan fingerprint density at radius 1 is 0.902 bits per heavy atom. The third-order valence-electron chi connectivity index (χ3n) is 10.3. The van der Waals surface area contributed by atoms with Crippen LogP contribution in [0.25, 0.3) is 11.2 Å². The Labute approximate surface area is 302 Å². The van der Waals surface area contributed by atoms with Gasteiger partial charge in [0, 0.05) is 6.42 Å². The molecule has 2 aromatic heterocycles. The summed E-state index contributed by atoms with van der Waals surface area (Å²) < 4.78 is 87.2. The summed E-state index contributed by atoms with van der Waals surface area (Å²) in [6.45, 7) is 18.6. The maximum absolute atomic E-state index is 16.7. The van der Waals surface area contributed by atoms with Gasteiger partial charge in [0.2, 0.25) is 11.7 Å². The van der Waals surface area contributed by atoms with E-state index in [1.54, 1.807) is 0 Å². The molecule has 2 aliphatic rings. The van der Waals surface area contributed by atoms with Gasteiger partial charge >= 0.3 is 23.3 Å². The second-order valence-corrected chi connectivity index (χ2v) is 24.3. The Morgan fingerprint density at radius 3 is 2.02 bits per heavy atom. The van der Waals surface area contributed by atoms with Gasteiger partial charge in [0.25, 0.3) is 0 Å². The summed E-state index contributed by atoms with van der Waals surface area (Å²) in [5.41, 5.74) is -0.405. The molecule has 0 saturated carbocycles. The molecule has 2 saturated heterocycles. The van der Waals surface area contributed by atoms with Crippen molar-refractivity contribution in [3.63, 3.8) is 0 Å². The SMILES string of the molecule is CCCCCCCCCCCC(=O)Nc1nc(C(F)(F)F)nc2c1ncn2[C@@H]1O[C@@H]2CO[Si](C(C)C)(C(C)C)O[Si](C(C)C)(C(C)C)O[C@H]2[C@@H]1F. The summed E-state index contributed by atoms with van der Waals surface area (Å²) in [6, 6.07) is 0. The van der Waals surface area contributed by atoms with Crippen molar-refractivity contribution in [2.24, 2.45) is 0 Å². The van der Waals surface area contributed by atoms with E-state index in [1.165, 1.54) is 32.0 Å². The van der Waals surface area contributed by atoms with Crippen LogP contribution in [0.15, 0.2) is 6.33 Å². The van der Waals surface area contributed by atoms with Crippen LogP contribution in [0.4, 0.5) is 23.4 Å². The van der Waals surface area contributed by atoms with E-state index in [2.05, 4.69) is 54.9 Å². The van der Waals surface area contributed by atoms with E-state index in [0.717, 1.165) is 30.3 Å². The highest BCUT2D eigenvalue weighted by molar-refractivity contribution is 6.84. The maximum atomic E-state index is 16.7. The number of carbonyl (C=O) groups excluding carboxylic acids is 1. The number of imidazole rings is 1. The van der Waals surface area contributed by atoms with Crippen LogP contribution >= 0.6 is 0 Å². The Bertz CT molecular complexity index is 1430. The van der Waals surface area contributed by atoms with E-state index in [9.17, 15) is 18.0 Å². The van der Waals surface area contributed by atoms with Crippen molar-refractivity contribution in [3.8, 4) is 0 Å². The van der Waals surface area contributed by atoms with Crippen LogP contribution in [-0.4, -0.2) is 67.5 Å². The van der Waals surface area contributed by atoms with Gasteiger partial charge in [-0.05, 0) is 28.6 Å². The molecule has 0 aliphatic carbocycles. The number of nitrogens with zero attached hydrogens (tertiary/aromatic N) is 4. The summed E-state index contributed by atoms with van der Waals surface area (Å²) in [4.78, 5) is 24.6. The lowest BCUT2D eigenvalue weighted by Gasteiger charge is -2.51. The summed E-state index contributed by atoms with van der Waals surface area (Å²) in [7, 11) is -6.13. The molecule has 10 nitrogen and oxygen atoms in total. The van der Waals surface area contributed by atoms with Crippen LogP contribution in [-0.2, 0) is 28.7 Å². The van der Waals surface area contributed by atoms with Gasteiger partial charge in [-0.2, -0.15) is 13.2 Å². The lowest BCUT2D eigenvalue weighted by Crippen LogP contribution is -2.65. The summed E-state index contributed by atoms with van der Waals surface area (Å²) in [6.07, 6.45) is 0.710. The lowest BCUT2D eigenvalue weighted by atomic mass is 10.1. The fourth-order valence-corrected chi connectivity index (χ4v) is 18.6. The summed E-state index contributed by atoms with van der Waals surface area (Å²) in [5.74, 6) is -2.33. The fraction of sp³-hybridized carbons (Fsp3) is 0.829. The van der Waals surface area contributed by atoms with Gasteiger partial charge in [0.05, 0.1) is 12.9 Å². The number of alkyl halides is 4. The highest BCUT2D eigenvalue weighted by Gasteiger charge is 2.62. The largest absolute Gasteiger partial charge is 0.451 e. The number of anilines is 1. The number of hydrogen-bond acceptors (Lipinski definition) is 8. The maximum Gasteiger partial charge on any atom is 0.451 e. The molecule has 16 heteroatoms. The van der Waals surface area contributed by atoms with Crippen molar-refractivity contribution in [1.29, 1.82) is 0 Å². The molecule has 51 heavy (non-hydrogen) atoms. The number of hydrogen-bond donors (Lipinski definition) is 1. The number of aromatic nitrogens is 4. The van der Waals surface area contributed by atoms with E-state index in [-0.39, 0.29) is 52.2 Å². The van der Waals surface area contributed by atoms with Crippen molar-refractivity contribution in [3.05, 3.63) is 12.2 Å². The topological polar surface area (TPSA) is 110 Å². The van der Waals surface area contributed by atoms with E-state index in [1.807, 2.05) is 27.7 Å². The standard InChI is InChI=1S/C35H59F4N5O5Si2/c1-10-11-12-13-14-15-16-17-18-19-27(45)41-31-29-32(43-34(42-31)35(37,38)39)44(21-40-29)33-28(36)30-26(47-33)20-46-50(22(2)3,23(4)5)49-51(48-30,24(6)7)25(8)9/h21-26,28,30,33H,10-20H2,1-9H3,(H,41,42,43,45)/t26-,28+,30-,33-/m1/s1. The number of nitrogens with one attached hydrogen (secondary N) is 1. The van der Waals surface area contributed by atoms with Gasteiger partial charge in [-0.25, -0.2) is 19.3 Å². The number of halogens is 4. The summed E-state index contributed by atoms with van der Waals surface area (Å²) in [5, 5.41) is 2.52. The quantitative estimate of drug-likeness (QED) is 0.102. The molecule has 0 radical (unpaired) electrons. The Hall–Kier alpha value is -1.99. The number of unbranched alkanes of at least 4 members (excludes halogenated alkanes) is 8. The number of ether oxygens (including phenoxy) is 1. The van der Waals surface area contributed by atoms with Gasteiger partial charge in [-0.15, -0.1) is 0 Å². The first kappa shape index (κ1) is 41.8. The minimum atomic E-state index is -4.94. The van der Waals surface area contributed by atoms with Gasteiger partial charge in [0.15, 0.2) is 29.4 Å². The highest BCUT2D eigenvalue weighted by atomic mass is 28.5. The zero-order valence-corrected chi connectivity index (χ0v) is 33.8. The minimum Gasteiger partial charge on any atom is -0.414 e. The molecule has 0 aromatic carbocycles. The van der Waals surface area contributed by atoms with Crippen molar-refractivity contribution < 1.29 is 40.1 Å². The monoisotopic (exact) mass is 761 g/mol. The van der Waals surface area contributed by atoms with E-state index < -0.39 is 59.6 Å². The molecule has 4 rings (SSSR count). The second kappa shape index (κ2) is 17.4. The normalized spacial score (nSPS) is 23.7. The Kier molecular flexibility index (Phi) is 14.3. The van der Waals surface area contributed by atoms with Gasteiger partial charge in [0.1, 0.15) is 12.2 Å². The molecule has 1 amide bonds. The molecule has 0 unspecified atom stereocenters. The summed E-state index contributed by atoms with van der Waals surface area (Å²) >= 11 is 0. The average Bonchev–Trinajstić information content (AvgIpc) is 3.59. The predicted octanol–water partition coefficient (Wildman–Crippen LogP) is 9.90. The third-order valence-corrected chi connectivity index (χ3v) is 20.6. The fourth-order valence-electron chi connectivity index (χ4n) is 7.44. The van der Waals surface area contributed by atoms with Crippen LogP contribution in [0.5, 0.6) is 0 Å². The number of rotatable bonds is 16. The van der Waals surface area contributed by atoms with Crippen LogP contribution in [0.1, 0.15) is 139 Å². The van der Waals surface area contributed by atoms with E-state index in [0.29, 0.717) is 6.42 Å². The number of fused-ring (bicyclic) bond motifs is 2. The first-order chi connectivity index (χ1) is 24.0. The van der Waals surface area contributed by atoms with Crippen molar-refractivity contribution in [2.75, 3.05) is 11.9 Å². The van der Waals surface area contributed by atoms with Crippen LogP contribution in [0, 0.1) is 0 Å². The molecule has 4 atom stereocenters. The first-order valence-corrected chi connectivity index (χ1v) is 22.9. The zero-order valence-electron chi connectivity index (χ0n) is 31.8. The van der Waals surface area contributed by atoms with Gasteiger partial charge in [-0.3, -0.25) is 9.36 Å². The van der Waals surface area contributed by atoms with Crippen molar-refractivity contribution in [2.45, 2.75) is 179 Å².